The van der Waals surface area contributed by atoms with Gasteiger partial charge in [0.2, 0.25) is 0 Å². The zero-order valence-electron chi connectivity index (χ0n) is 28.1. The molecule has 2 rings (SSSR count). The number of esters is 2. The summed E-state index contributed by atoms with van der Waals surface area (Å²) in [5.41, 5.74) is 0.881. The fourth-order valence-electron chi connectivity index (χ4n) is 5.13. The van der Waals surface area contributed by atoms with Crippen LogP contribution >= 0.6 is 0 Å². The largest absolute Gasteiger partial charge is 0.494 e. The fourth-order valence-corrected chi connectivity index (χ4v) is 5.13. The first-order valence-electron chi connectivity index (χ1n) is 17.8. The van der Waals surface area contributed by atoms with Crippen LogP contribution in [0.15, 0.2) is 48.5 Å². The molecule has 1 unspecified atom stereocenters. The van der Waals surface area contributed by atoms with Gasteiger partial charge in [0.1, 0.15) is 11.5 Å². The quantitative estimate of drug-likeness (QED) is 0.0604. The number of hydrogen-bond acceptors (Lipinski definition) is 5. The molecule has 0 heterocycles. The number of unbranched alkanes of at least 4 members (excludes halogenated alkanes) is 17. The van der Waals surface area contributed by atoms with E-state index in [1.165, 1.54) is 109 Å². The number of hydrogen-bond donors (Lipinski definition) is 0. The third-order valence-electron chi connectivity index (χ3n) is 8.35. The van der Waals surface area contributed by atoms with E-state index in [9.17, 15) is 9.59 Å². The Morgan fingerprint density at radius 3 is 1.41 bits per heavy atom. The number of rotatable bonds is 26. The average molecular weight is 609 g/mol. The van der Waals surface area contributed by atoms with Crippen molar-refractivity contribution in [2.45, 2.75) is 143 Å². The average Bonchev–Trinajstić information content (AvgIpc) is 3.05. The summed E-state index contributed by atoms with van der Waals surface area (Å²) in [5, 5.41) is 0. The molecule has 0 aliphatic heterocycles. The van der Waals surface area contributed by atoms with Crippen LogP contribution in [0.4, 0.5) is 0 Å². The number of carbonyl (C=O) groups excluding carboxylic acids is 2. The molecule has 0 aromatic heterocycles. The summed E-state index contributed by atoms with van der Waals surface area (Å²) in [4.78, 5) is 24.7. The van der Waals surface area contributed by atoms with Gasteiger partial charge in [0.05, 0.1) is 24.3 Å². The lowest BCUT2D eigenvalue weighted by Gasteiger charge is -2.10. The lowest BCUT2D eigenvalue weighted by atomic mass is 10.0. The molecule has 0 bridgehead atoms. The molecule has 2 aromatic carbocycles. The maximum absolute atomic E-state index is 12.5. The molecule has 0 saturated carbocycles. The molecule has 0 amide bonds. The third-order valence-corrected chi connectivity index (χ3v) is 8.35. The van der Waals surface area contributed by atoms with E-state index in [-0.39, 0.29) is 5.97 Å². The Labute approximate surface area is 268 Å². The van der Waals surface area contributed by atoms with Gasteiger partial charge in [-0.1, -0.05) is 136 Å². The van der Waals surface area contributed by atoms with Gasteiger partial charge in [0.15, 0.2) is 0 Å². The van der Waals surface area contributed by atoms with Crippen molar-refractivity contribution in [3.05, 3.63) is 59.7 Å². The van der Waals surface area contributed by atoms with E-state index < -0.39 is 5.97 Å². The predicted molar refractivity (Wildman–Crippen MR) is 182 cm³/mol. The summed E-state index contributed by atoms with van der Waals surface area (Å²) in [7, 11) is 0. The molecule has 1 atom stereocenters. The van der Waals surface area contributed by atoms with Crippen molar-refractivity contribution in [2.75, 3.05) is 13.2 Å². The normalized spacial score (nSPS) is 11.7. The van der Waals surface area contributed by atoms with Crippen LogP contribution in [0, 0.1) is 5.92 Å². The number of carbonyl (C=O) groups is 2. The van der Waals surface area contributed by atoms with Crippen LogP contribution in [-0.4, -0.2) is 25.2 Å². The topological polar surface area (TPSA) is 61.8 Å². The molecule has 0 N–H and O–H groups in total. The van der Waals surface area contributed by atoms with E-state index in [1.54, 1.807) is 36.4 Å². The van der Waals surface area contributed by atoms with E-state index in [4.69, 9.17) is 14.2 Å². The van der Waals surface area contributed by atoms with Crippen molar-refractivity contribution in [1.29, 1.82) is 0 Å². The molecule has 2 aromatic rings. The molecule has 0 aliphatic carbocycles. The molecule has 5 nitrogen and oxygen atoms in total. The van der Waals surface area contributed by atoms with E-state index in [1.807, 2.05) is 19.1 Å². The Morgan fingerprint density at radius 1 is 0.545 bits per heavy atom. The van der Waals surface area contributed by atoms with Crippen molar-refractivity contribution in [3.8, 4) is 11.5 Å². The van der Waals surface area contributed by atoms with Crippen LogP contribution in [0.5, 0.6) is 11.5 Å². The first-order chi connectivity index (χ1) is 21.5. The second-order valence-electron chi connectivity index (χ2n) is 12.4. The fraction of sp³-hybridized carbons (Fsp3) is 0.641. The summed E-state index contributed by atoms with van der Waals surface area (Å²) in [5.74, 6) is 0.636. The molecule has 0 saturated heterocycles. The first kappa shape index (κ1) is 37.4. The van der Waals surface area contributed by atoms with E-state index in [0.717, 1.165) is 18.6 Å². The Bertz CT molecular complexity index is 998. The molecule has 0 spiro atoms. The number of benzene rings is 2. The maximum Gasteiger partial charge on any atom is 0.343 e. The van der Waals surface area contributed by atoms with E-state index in [0.29, 0.717) is 36.0 Å². The Kier molecular flexibility index (Phi) is 20.8. The van der Waals surface area contributed by atoms with E-state index >= 15 is 0 Å². The molecular formula is C39H60O5. The highest BCUT2D eigenvalue weighted by molar-refractivity contribution is 5.92. The summed E-state index contributed by atoms with van der Waals surface area (Å²) in [6.45, 7) is 7.47. The zero-order valence-corrected chi connectivity index (χ0v) is 28.1. The van der Waals surface area contributed by atoms with Crippen LogP contribution < -0.4 is 9.47 Å². The van der Waals surface area contributed by atoms with Gasteiger partial charge in [-0.3, -0.25) is 0 Å². The number of ether oxygens (including phenoxy) is 3. The summed E-state index contributed by atoms with van der Waals surface area (Å²) in [6.07, 6.45) is 25.5. The third kappa shape index (κ3) is 17.5. The molecule has 0 fully saturated rings. The predicted octanol–water partition coefficient (Wildman–Crippen LogP) is 11.5. The van der Waals surface area contributed by atoms with Gasteiger partial charge >= 0.3 is 11.9 Å². The van der Waals surface area contributed by atoms with Gasteiger partial charge < -0.3 is 14.2 Å². The minimum absolute atomic E-state index is 0.324. The Hall–Kier alpha value is -2.82. The smallest absolute Gasteiger partial charge is 0.343 e. The minimum Gasteiger partial charge on any atom is -0.494 e. The Balaban J connectivity index is 1.46. The monoisotopic (exact) mass is 608 g/mol. The van der Waals surface area contributed by atoms with Crippen molar-refractivity contribution >= 4 is 11.9 Å². The van der Waals surface area contributed by atoms with E-state index in [2.05, 4.69) is 13.8 Å². The van der Waals surface area contributed by atoms with Crippen LogP contribution in [0.2, 0.25) is 0 Å². The highest BCUT2D eigenvalue weighted by Crippen LogP contribution is 2.19. The standard InChI is InChI=1S/C39H60O5/c1-4-6-7-8-9-10-11-12-13-14-15-16-17-18-19-20-21-22-31-42-36-27-23-35(24-28-36)39(41)44-37-29-25-34(26-30-37)38(40)43-32-33(3)5-2/h23-30,33H,4-22,31-32H2,1-3H3. The SMILES string of the molecule is CCCCCCCCCCCCCCCCCCCCOc1ccc(C(=O)Oc2ccc(C(=O)OCC(C)CC)cc2)cc1. The van der Waals surface area contributed by atoms with Gasteiger partial charge in [-0.05, 0) is 60.9 Å². The van der Waals surface area contributed by atoms with Gasteiger partial charge in [0.25, 0.3) is 0 Å². The second-order valence-corrected chi connectivity index (χ2v) is 12.4. The van der Waals surface area contributed by atoms with Gasteiger partial charge in [0, 0.05) is 0 Å². The van der Waals surface area contributed by atoms with Gasteiger partial charge in [-0.25, -0.2) is 9.59 Å². The van der Waals surface area contributed by atoms with Crippen LogP contribution in [0.25, 0.3) is 0 Å². The van der Waals surface area contributed by atoms with Crippen LogP contribution in [0.3, 0.4) is 0 Å². The van der Waals surface area contributed by atoms with Crippen molar-refractivity contribution < 1.29 is 23.8 Å². The van der Waals surface area contributed by atoms with Crippen LogP contribution in [0.1, 0.15) is 163 Å². The molecule has 0 radical (unpaired) electrons. The highest BCUT2D eigenvalue weighted by Gasteiger charge is 2.12. The van der Waals surface area contributed by atoms with Crippen molar-refractivity contribution in [2.24, 2.45) is 5.92 Å². The second kappa shape index (κ2) is 24.5. The first-order valence-corrected chi connectivity index (χ1v) is 17.8. The lowest BCUT2D eigenvalue weighted by molar-refractivity contribution is 0.0447. The maximum atomic E-state index is 12.5. The highest BCUT2D eigenvalue weighted by atomic mass is 16.5. The van der Waals surface area contributed by atoms with Crippen molar-refractivity contribution in [1.82, 2.24) is 0 Å². The molecule has 0 aliphatic rings. The molecule has 5 heteroatoms. The van der Waals surface area contributed by atoms with Crippen molar-refractivity contribution in [3.63, 3.8) is 0 Å². The summed E-state index contributed by atoms with van der Waals surface area (Å²) >= 11 is 0. The van der Waals surface area contributed by atoms with Crippen LogP contribution in [-0.2, 0) is 4.74 Å². The summed E-state index contributed by atoms with van der Waals surface area (Å²) < 4.78 is 16.6. The van der Waals surface area contributed by atoms with Gasteiger partial charge in [-0.2, -0.15) is 0 Å². The van der Waals surface area contributed by atoms with Gasteiger partial charge in [-0.15, -0.1) is 0 Å². The molecule has 44 heavy (non-hydrogen) atoms. The summed E-state index contributed by atoms with van der Waals surface area (Å²) in [6, 6.07) is 13.5. The zero-order chi connectivity index (χ0) is 31.7. The molecular weight excluding hydrogens is 548 g/mol. The molecule has 246 valence electrons. The minimum atomic E-state index is -0.452. The Morgan fingerprint density at radius 2 is 0.955 bits per heavy atom. The lowest BCUT2D eigenvalue weighted by Crippen LogP contribution is -2.12.